The van der Waals surface area contributed by atoms with Crippen LogP contribution in [0, 0.1) is 29.3 Å². The molecule has 5 rings (SSSR count). The third-order valence-corrected chi connectivity index (χ3v) is 7.95. The summed E-state index contributed by atoms with van der Waals surface area (Å²) in [6.07, 6.45) is -0.770. The molecule has 2 aliphatic rings. The summed E-state index contributed by atoms with van der Waals surface area (Å²) in [5.74, 6) is -1.40. The Hall–Kier alpha value is -2.98. The van der Waals surface area contributed by atoms with Crippen LogP contribution in [-0.4, -0.2) is 54.4 Å². The number of halogens is 5. The topological polar surface area (TPSA) is 71.0 Å². The molecule has 2 unspecified atom stereocenters. The van der Waals surface area contributed by atoms with E-state index in [2.05, 4.69) is 24.1 Å². The molecule has 3 aromatic carbocycles. The van der Waals surface area contributed by atoms with Crippen LogP contribution in [0.5, 0.6) is 11.5 Å². The van der Waals surface area contributed by atoms with Crippen molar-refractivity contribution in [1.82, 2.24) is 10.2 Å². The van der Waals surface area contributed by atoms with Crippen molar-refractivity contribution in [2.45, 2.75) is 44.9 Å². The number of carboxylic acids is 1. The van der Waals surface area contributed by atoms with E-state index in [1.165, 1.54) is 0 Å². The Labute approximate surface area is 262 Å². The maximum atomic E-state index is 13.9. The van der Waals surface area contributed by atoms with Gasteiger partial charge in [0, 0.05) is 50.3 Å². The quantitative estimate of drug-likeness (QED) is 0.170. The van der Waals surface area contributed by atoms with Gasteiger partial charge in [-0.1, -0.05) is 38.1 Å². The summed E-state index contributed by atoms with van der Waals surface area (Å²) >= 11 is 0. The van der Waals surface area contributed by atoms with Crippen molar-refractivity contribution in [3.8, 4) is 11.5 Å². The fourth-order valence-corrected chi connectivity index (χ4v) is 5.58. The molecular weight excluding hydrogens is 604 g/mol. The van der Waals surface area contributed by atoms with Gasteiger partial charge in [0.25, 0.3) is 0 Å². The molecule has 43 heavy (non-hydrogen) atoms. The lowest BCUT2D eigenvalue weighted by molar-refractivity contribution is -0.145. The van der Waals surface area contributed by atoms with Crippen LogP contribution in [-0.2, 0) is 17.8 Å². The second-order valence-corrected chi connectivity index (χ2v) is 11.2. The van der Waals surface area contributed by atoms with Crippen LogP contribution in [0.3, 0.4) is 0 Å². The minimum atomic E-state index is -1.17. The molecule has 2 fully saturated rings. The van der Waals surface area contributed by atoms with Gasteiger partial charge >= 0.3 is 5.97 Å². The van der Waals surface area contributed by atoms with Gasteiger partial charge in [-0.15, -0.1) is 24.8 Å². The van der Waals surface area contributed by atoms with E-state index in [1.807, 2.05) is 36.4 Å². The van der Waals surface area contributed by atoms with E-state index < -0.39 is 29.5 Å². The molecule has 6 nitrogen and oxygen atoms in total. The second-order valence-electron chi connectivity index (χ2n) is 11.2. The Bertz CT molecular complexity index is 1350. The van der Waals surface area contributed by atoms with E-state index in [1.54, 1.807) is 12.1 Å². The number of likely N-dealkylation sites (tertiary alicyclic amines) is 1. The van der Waals surface area contributed by atoms with Gasteiger partial charge in [0.15, 0.2) is 17.7 Å². The predicted molar refractivity (Wildman–Crippen MR) is 163 cm³/mol. The minimum absolute atomic E-state index is 0. The minimum Gasteiger partial charge on any atom is -0.492 e. The van der Waals surface area contributed by atoms with E-state index in [0.29, 0.717) is 54.5 Å². The zero-order valence-corrected chi connectivity index (χ0v) is 25.6. The number of carbonyl (C=O) groups is 1. The van der Waals surface area contributed by atoms with Crippen LogP contribution < -0.4 is 14.8 Å². The zero-order chi connectivity index (χ0) is 29.1. The zero-order valence-electron chi connectivity index (χ0n) is 24.0. The van der Waals surface area contributed by atoms with Gasteiger partial charge in [0.1, 0.15) is 23.9 Å². The van der Waals surface area contributed by atoms with Crippen LogP contribution in [0.2, 0.25) is 0 Å². The van der Waals surface area contributed by atoms with E-state index in [4.69, 9.17) is 9.47 Å². The van der Waals surface area contributed by atoms with Crippen molar-refractivity contribution < 1.29 is 32.5 Å². The lowest BCUT2D eigenvalue weighted by Gasteiger charge is -2.20. The average molecular weight is 642 g/mol. The number of rotatable bonds is 13. The van der Waals surface area contributed by atoms with Gasteiger partial charge in [-0.3, -0.25) is 4.90 Å². The van der Waals surface area contributed by atoms with E-state index in [9.17, 15) is 23.1 Å². The largest absolute Gasteiger partial charge is 0.492 e. The molecule has 1 heterocycles. The van der Waals surface area contributed by atoms with Crippen molar-refractivity contribution in [2.24, 2.45) is 11.8 Å². The highest BCUT2D eigenvalue weighted by Gasteiger charge is 2.55. The van der Waals surface area contributed by atoms with E-state index >= 15 is 0 Å². The Morgan fingerprint density at radius 1 is 0.930 bits per heavy atom. The molecule has 1 saturated heterocycles. The number of piperidine rings is 1. The first kappa shape index (κ1) is 34.5. The van der Waals surface area contributed by atoms with Crippen molar-refractivity contribution in [3.05, 3.63) is 94.8 Å². The summed E-state index contributed by atoms with van der Waals surface area (Å²) in [6, 6.07) is 16.8. The predicted octanol–water partition coefficient (Wildman–Crippen LogP) is 6.24. The second kappa shape index (κ2) is 15.1. The number of benzene rings is 3. The highest BCUT2D eigenvalue weighted by Crippen LogP contribution is 2.45. The summed E-state index contributed by atoms with van der Waals surface area (Å²) in [4.78, 5) is 13.9. The highest BCUT2D eigenvalue weighted by molar-refractivity contribution is 5.85. The summed E-state index contributed by atoms with van der Waals surface area (Å²) in [5, 5.41) is 13.2. The van der Waals surface area contributed by atoms with Crippen molar-refractivity contribution >= 4 is 30.8 Å². The number of ether oxygens (including phenoxy) is 2. The molecule has 1 saturated carbocycles. The lowest BCUT2D eigenvalue weighted by atomic mass is 10.0. The third kappa shape index (κ3) is 8.79. The molecule has 0 radical (unpaired) electrons. The molecule has 2 N–H and O–H groups in total. The van der Waals surface area contributed by atoms with Gasteiger partial charge < -0.3 is 19.9 Å². The molecule has 4 atom stereocenters. The Morgan fingerprint density at radius 3 is 2.14 bits per heavy atom. The van der Waals surface area contributed by atoms with E-state index in [-0.39, 0.29) is 43.3 Å². The molecule has 0 aromatic heterocycles. The first-order chi connectivity index (χ1) is 19.7. The summed E-state index contributed by atoms with van der Waals surface area (Å²) in [5.41, 5.74) is 2.17. The normalized spacial score (nSPS) is 19.6. The van der Waals surface area contributed by atoms with Crippen LogP contribution in [0.4, 0.5) is 13.2 Å². The standard InChI is InChI=1S/C32H35F3N2O4.2ClH/c1-19(2)21-5-9-24(10-6-21)41-30(32(38)39)13-20-3-7-23(8-4-20)40-12-11-36-31-25-17-37(18-26(25)31)16-22-14-28(34)29(35)15-27(22)33;;/h3-10,14-15,19,25-26,30-31,36H,11-13,16-18H2,1-2H3,(H,38,39);2*1H/t25-,26?,30-,31?;;/m0../s1. The fourth-order valence-electron chi connectivity index (χ4n) is 5.58. The Morgan fingerprint density at radius 2 is 1.53 bits per heavy atom. The average Bonchev–Trinajstić information content (AvgIpc) is 3.39. The monoisotopic (exact) mass is 640 g/mol. The number of nitrogens with zero attached hydrogens (tertiary/aromatic N) is 1. The molecule has 0 spiro atoms. The first-order valence-corrected chi connectivity index (χ1v) is 14.0. The maximum Gasteiger partial charge on any atom is 0.345 e. The summed E-state index contributed by atoms with van der Waals surface area (Å²) in [7, 11) is 0. The van der Waals surface area contributed by atoms with Crippen LogP contribution in [0.25, 0.3) is 0 Å². The van der Waals surface area contributed by atoms with Crippen LogP contribution in [0.15, 0.2) is 60.7 Å². The molecule has 3 aromatic rings. The molecule has 1 aliphatic heterocycles. The Balaban J connectivity index is 0.00000253. The van der Waals surface area contributed by atoms with Crippen molar-refractivity contribution in [3.63, 3.8) is 0 Å². The van der Waals surface area contributed by atoms with Gasteiger partial charge in [-0.2, -0.15) is 0 Å². The van der Waals surface area contributed by atoms with Gasteiger partial charge in [0.05, 0.1) is 0 Å². The van der Waals surface area contributed by atoms with Crippen molar-refractivity contribution in [1.29, 1.82) is 0 Å². The summed E-state index contributed by atoms with van der Waals surface area (Å²) < 4.78 is 52.2. The van der Waals surface area contributed by atoms with Gasteiger partial charge in [-0.05, 0) is 59.2 Å². The van der Waals surface area contributed by atoms with Crippen molar-refractivity contribution in [2.75, 3.05) is 26.2 Å². The maximum absolute atomic E-state index is 13.9. The number of carboxylic acid groups (broad SMARTS) is 1. The fraction of sp³-hybridized carbons (Fsp3) is 0.406. The number of nitrogens with one attached hydrogen (secondary N) is 1. The molecule has 234 valence electrons. The molecule has 1 aliphatic carbocycles. The molecule has 0 bridgehead atoms. The van der Waals surface area contributed by atoms with Gasteiger partial charge in [-0.25, -0.2) is 18.0 Å². The smallest absolute Gasteiger partial charge is 0.345 e. The number of hydrogen-bond acceptors (Lipinski definition) is 5. The van der Waals surface area contributed by atoms with Gasteiger partial charge in [0.2, 0.25) is 0 Å². The third-order valence-electron chi connectivity index (χ3n) is 7.95. The van der Waals surface area contributed by atoms with Crippen LogP contribution >= 0.6 is 24.8 Å². The SMILES string of the molecule is CC(C)c1ccc(O[C@@H](Cc2ccc(OCCNC3C4CN(Cc5cc(F)c(F)cc5F)C[C@@H]43)cc2)C(=O)O)cc1.Cl.Cl. The lowest BCUT2D eigenvalue weighted by Crippen LogP contribution is -2.33. The summed E-state index contributed by atoms with van der Waals surface area (Å²) in [6.45, 7) is 7.18. The van der Waals surface area contributed by atoms with E-state index in [0.717, 1.165) is 30.3 Å². The number of fused-ring (bicyclic) bond motifs is 1. The molecule has 11 heteroatoms. The molecular formula is C32H37Cl2F3N2O4. The first-order valence-electron chi connectivity index (χ1n) is 14.0. The number of aliphatic carboxylic acids is 1. The molecule has 0 amide bonds. The number of hydrogen-bond donors (Lipinski definition) is 2. The van der Waals surface area contributed by atoms with Crippen LogP contribution in [0.1, 0.15) is 36.5 Å². The Kier molecular flexibility index (Phi) is 12.2. The highest BCUT2D eigenvalue weighted by atomic mass is 35.5.